The molecule has 1 rings (SSSR count). The van der Waals surface area contributed by atoms with E-state index in [9.17, 15) is 39.9 Å². The van der Waals surface area contributed by atoms with E-state index in [-0.39, 0.29) is 17.4 Å². The molecule has 0 saturated heterocycles. The lowest BCUT2D eigenvalue weighted by molar-refractivity contribution is -0.288. The highest BCUT2D eigenvalue weighted by atomic mass is 32.1. The van der Waals surface area contributed by atoms with E-state index in [4.69, 9.17) is 11.7 Å². The van der Waals surface area contributed by atoms with Crippen molar-refractivity contribution in [2.45, 2.75) is 25.2 Å². The SMILES string of the molecule is [C-]#[N+]c1c(C)sc(/C=C(/C(=O)O)C(F)(F)F)c1C(F)(F)C(F)(F)F. The first-order valence-electron chi connectivity index (χ1n) is 5.62. The van der Waals surface area contributed by atoms with Gasteiger partial charge in [-0.1, -0.05) is 0 Å². The van der Waals surface area contributed by atoms with E-state index < -0.39 is 50.8 Å². The minimum absolute atomic E-state index is 0.0369. The number of aliphatic carboxylic acids is 1. The second-order valence-electron chi connectivity index (χ2n) is 4.29. The van der Waals surface area contributed by atoms with Crippen LogP contribution in [0.3, 0.4) is 0 Å². The zero-order chi connectivity index (χ0) is 19.1. The van der Waals surface area contributed by atoms with Crippen LogP contribution >= 0.6 is 11.3 Å². The van der Waals surface area contributed by atoms with Crippen LogP contribution in [-0.4, -0.2) is 23.4 Å². The lowest BCUT2D eigenvalue weighted by Gasteiger charge is -2.20. The number of hydrogen-bond acceptors (Lipinski definition) is 2. The smallest absolute Gasteiger partial charge is 0.456 e. The lowest BCUT2D eigenvalue weighted by atomic mass is 10.0. The van der Waals surface area contributed by atoms with Gasteiger partial charge in [-0.3, -0.25) is 0 Å². The van der Waals surface area contributed by atoms with Crippen LogP contribution in [-0.2, 0) is 10.7 Å². The van der Waals surface area contributed by atoms with E-state index in [1.807, 2.05) is 0 Å². The van der Waals surface area contributed by atoms with E-state index in [2.05, 4.69) is 4.85 Å². The van der Waals surface area contributed by atoms with Crippen molar-refractivity contribution in [3.8, 4) is 0 Å². The Morgan fingerprint density at radius 1 is 1.17 bits per heavy atom. The van der Waals surface area contributed by atoms with Crippen molar-refractivity contribution in [2.24, 2.45) is 0 Å². The molecule has 1 aromatic heterocycles. The van der Waals surface area contributed by atoms with Crippen LogP contribution < -0.4 is 0 Å². The van der Waals surface area contributed by atoms with Crippen LogP contribution in [0.25, 0.3) is 10.9 Å². The number of nitrogens with zero attached hydrogens (tertiary/aromatic N) is 1. The number of aryl methyl sites for hydroxylation is 1. The first-order chi connectivity index (χ1) is 10.6. The molecule has 0 bridgehead atoms. The average Bonchev–Trinajstić information content (AvgIpc) is 2.69. The van der Waals surface area contributed by atoms with Gasteiger partial charge in [-0.15, -0.1) is 0 Å². The zero-order valence-corrected chi connectivity index (χ0v) is 12.1. The molecule has 132 valence electrons. The quantitative estimate of drug-likeness (QED) is 0.440. The molecule has 3 nitrogen and oxygen atoms in total. The predicted octanol–water partition coefficient (Wildman–Crippen LogP) is 5.29. The fourth-order valence-corrected chi connectivity index (χ4v) is 2.71. The number of rotatable bonds is 3. The summed E-state index contributed by atoms with van der Waals surface area (Å²) in [7, 11) is 0. The third-order valence-electron chi connectivity index (χ3n) is 2.67. The Bertz CT molecular complexity index is 736. The highest BCUT2D eigenvalue weighted by molar-refractivity contribution is 7.13. The second kappa shape index (κ2) is 6.04. The molecule has 0 aliphatic heterocycles. The summed E-state index contributed by atoms with van der Waals surface area (Å²) in [5, 5.41) is 8.50. The first kappa shape index (κ1) is 19.9. The van der Waals surface area contributed by atoms with E-state index >= 15 is 0 Å². The van der Waals surface area contributed by atoms with Crippen LogP contribution in [0.5, 0.6) is 0 Å². The molecule has 0 spiro atoms. The Labute approximate surface area is 132 Å². The van der Waals surface area contributed by atoms with Crippen molar-refractivity contribution in [2.75, 3.05) is 0 Å². The van der Waals surface area contributed by atoms with Crippen molar-refractivity contribution < 1.29 is 45.0 Å². The number of alkyl halides is 8. The summed E-state index contributed by atoms with van der Waals surface area (Å²) >= 11 is 0.0369. The Kier molecular flexibility index (Phi) is 5.01. The summed E-state index contributed by atoms with van der Waals surface area (Å²) in [4.78, 5) is 11.4. The molecule has 0 aliphatic carbocycles. The third-order valence-corrected chi connectivity index (χ3v) is 3.71. The van der Waals surface area contributed by atoms with Gasteiger partial charge in [0.1, 0.15) is 5.57 Å². The van der Waals surface area contributed by atoms with Gasteiger partial charge >= 0.3 is 24.2 Å². The third kappa shape index (κ3) is 3.50. The number of hydrogen-bond donors (Lipinski definition) is 1. The highest BCUT2D eigenvalue weighted by Gasteiger charge is 2.61. The lowest BCUT2D eigenvalue weighted by Crippen LogP contribution is -2.34. The summed E-state index contributed by atoms with van der Waals surface area (Å²) in [6.45, 7) is 7.64. The molecule has 0 aliphatic rings. The van der Waals surface area contributed by atoms with Crippen LogP contribution in [0, 0.1) is 13.5 Å². The summed E-state index contributed by atoms with van der Waals surface area (Å²) < 4.78 is 103. The molecule has 12 heteroatoms. The highest BCUT2D eigenvalue weighted by Crippen LogP contribution is 2.52. The van der Waals surface area contributed by atoms with E-state index in [0.717, 1.165) is 6.92 Å². The Morgan fingerprint density at radius 2 is 1.67 bits per heavy atom. The molecule has 1 N–H and O–H groups in total. The fraction of sp³-hybridized carbons (Fsp3) is 0.333. The number of thiophene rings is 1. The zero-order valence-electron chi connectivity index (χ0n) is 11.3. The largest absolute Gasteiger partial charge is 0.478 e. The van der Waals surface area contributed by atoms with Gasteiger partial charge in [-0.05, 0) is 13.0 Å². The summed E-state index contributed by atoms with van der Waals surface area (Å²) in [6.07, 6.45) is -12.0. The maximum atomic E-state index is 13.6. The van der Waals surface area contributed by atoms with Gasteiger partial charge in [-0.25, -0.2) is 9.64 Å². The van der Waals surface area contributed by atoms with Gasteiger partial charge in [0.15, 0.2) is 0 Å². The molecule has 0 saturated carbocycles. The van der Waals surface area contributed by atoms with Gasteiger partial charge in [0.25, 0.3) is 0 Å². The predicted molar refractivity (Wildman–Crippen MR) is 66.9 cm³/mol. The van der Waals surface area contributed by atoms with Gasteiger partial charge in [0, 0.05) is 9.75 Å². The first-order valence-corrected chi connectivity index (χ1v) is 6.44. The minimum atomic E-state index is -6.18. The molecule has 0 aromatic carbocycles. The van der Waals surface area contributed by atoms with Crippen molar-refractivity contribution in [1.29, 1.82) is 0 Å². The van der Waals surface area contributed by atoms with Crippen molar-refractivity contribution in [1.82, 2.24) is 0 Å². The molecule has 0 fully saturated rings. The van der Waals surface area contributed by atoms with Gasteiger partial charge in [-0.2, -0.15) is 46.5 Å². The summed E-state index contributed by atoms with van der Waals surface area (Å²) in [5.74, 6) is -8.18. The van der Waals surface area contributed by atoms with Crippen molar-refractivity contribution in [3.63, 3.8) is 0 Å². The van der Waals surface area contributed by atoms with Crippen LogP contribution in [0.1, 0.15) is 15.3 Å². The van der Waals surface area contributed by atoms with Crippen molar-refractivity contribution >= 4 is 29.1 Å². The second-order valence-corrected chi connectivity index (χ2v) is 5.55. The van der Waals surface area contributed by atoms with Gasteiger partial charge < -0.3 is 5.11 Å². The maximum Gasteiger partial charge on any atom is 0.456 e. The Hall–Kier alpha value is -2.16. The molecule has 0 radical (unpaired) electrons. The number of carbonyl (C=O) groups is 1. The Balaban J connectivity index is 3.82. The topological polar surface area (TPSA) is 41.7 Å². The molecule has 24 heavy (non-hydrogen) atoms. The van der Waals surface area contributed by atoms with Gasteiger partial charge in [0.2, 0.25) is 5.69 Å². The number of halogens is 8. The molecule has 1 heterocycles. The van der Waals surface area contributed by atoms with E-state index in [1.165, 1.54) is 0 Å². The number of carboxylic acid groups (broad SMARTS) is 1. The monoisotopic (exact) mass is 379 g/mol. The maximum absolute atomic E-state index is 13.6. The average molecular weight is 379 g/mol. The van der Waals surface area contributed by atoms with Crippen LogP contribution in [0.2, 0.25) is 0 Å². The fourth-order valence-electron chi connectivity index (χ4n) is 1.63. The van der Waals surface area contributed by atoms with Crippen molar-refractivity contribution in [3.05, 3.63) is 32.3 Å². The summed E-state index contributed by atoms with van der Waals surface area (Å²) in [6, 6.07) is 0. The normalized spacial score (nSPS) is 13.8. The molecule has 0 unspecified atom stereocenters. The summed E-state index contributed by atoms with van der Waals surface area (Å²) in [5.41, 5.74) is -5.49. The Morgan fingerprint density at radius 3 is 2.00 bits per heavy atom. The molecular formula is C12H5F8NO2S. The molecular weight excluding hydrogens is 374 g/mol. The van der Waals surface area contributed by atoms with E-state index in [1.54, 1.807) is 0 Å². The van der Waals surface area contributed by atoms with E-state index in [0.29, 0.717) is 0 Å². The minimum Gasteiger partial charge on any atom is -0.478 e. The standard InChI is InChI=1S/C12H5F8NO2S/c1-4-8(21-2)7(10(13,14)12(18,19)20)6(24-4)3-5(9(22)23)11(15,16)17/h3H,1H3,(H,22,23)/b5-3-. The number of carboxylic acids is 1. The van der Waals surface area contributed by atoms with Crippen LogP contribution in [0.15, 0.2) is 5.57 Å². The van der Waals surface area contributed by atoms with Crippen LogP contribution in [0.4, 0.5) is 40.8 Å². The molecule has 1 aromatic rings. The molecule has 0 atom stereocenters. The molecule has 0 amide bonds. The van der Waals surface area contributed by atoms with Gasteiger partial charge in [0.05, 0.1) is 12.1 Å².